The monoisotopic (exact) mass is 389 g/mol. The molecule has 20 heavy (non-hydrogen) atoms. The second-order valence-electron chi connectivity index (χ2n) is 5.25. The van der Waals surface area contributed by atoms with Gasteiger partial charge in [-0.05, 0) is 47.2 Å². The summed E-state index contributed by atoms with van der Waals surface area (Å²) in [5, 5.41) is 11.4. The Labute approximate surface area is 130 Å². The number of cyclic esters (lactones) is 1. The number of aliphatic hydroxyl groups is 1. The number of nitrogens with zero attached hydrogens (tertiary/aromatic N) is 1. The first-order valence-corrected chi connectivity index (χ1v) is 7.66. The Morgan fingerprint density at radius 3 is 3.05 bits per heavy atom. The lowest BCUT2D eigenvalue weighted by Crippen LogP contribution is -2.35. The molecule has 1 aromatic carbocycles. The van der Waals surface area contributed by atoms with Gasteiger partial charge in [-0.15, -0.1) is 0 Å². The van der Waals surface area contributed by atoms with Crippen molar-refractivity contribution in [3.8, 4) is 0 Å². The molecule has 2 saturated heterocycles. The number of benzene rings is 1. The van der Waals surface area contributed by atoms with Crippen LogP contribution in [0.2, 0.25) is 0 Å². The van der Waals surface area contributed by atoms with Crippen LogP contribution in [0.15, 0.2) is 24.3 Å². The zero-order chi connectivity index (χ0) is 14.3. The summed E-state index contributed by atoms with van der Waals surface area (Å²) in [6.45, 7) is 2.51. The second kappa shape index (κ2) is 5.59. The zero-order valence-corrected chi connectivity index (χ0v) is 13.2. The van der Waals surface area contributed by atoms with E-state index in [9.17, 15) is 9.90 Å². The predicted octanol–water partition coefficient (Wildman–Crippen LogP) is 1.33. The lowest BCUT2D eigenvalue weighted by Gasteiger charge is -2.21. The molecule has 0 unspecified atom stereocenters. The van der Waals surface area contributed by atoms with E-state index >= 15 is 0 Å². The fourth-order valence-corrected chi connectivity index (χ4v) is 3.44. The molecular weight excluding hydrogens is 373 g/mol. The first-order chi connectivity index (χ1) is 9.56. The zero-order valence-electron chi connectivity index (χ0n) is 11.0. The van der Waals surface area contributed by atoms with Crippen LogP contribution in [0.4, 0.5) is 0 Å². The van der Waals surface area contributed by atoms with Gasteiger partial charge in [-0.1, -0.05) is 12.1 Å². The van der Waals surface area contributed by atoms with Gasteiger partial charge in [0.25, 0.3) is 0 Å². The highest BCUT2D eigenvalue weighted by molar-refractivity contribution is 14.1. The van der Waals surface area contributed by atoms with Crippen LogP contribution >= 0.6 is 22.6 Å². The van der Waals surface area contributed by atoms with Crippen molar-refractivity contribution in [1.29, 1.82) is 0 Å². The molecule has 2 aliphatic heterocycles. The average molecular weight is 389 g/mol. The molecule has 2 heterocycles. The molecule has 0 radical (unpaired) electrons. The van der Waals surface area contributed by atoms with Gasteiger partial charge in [-0.25, -0.2) is 0 Å². The van der Waals surface area contributed by atoms with Crippen LogP contribution in [-0.2, 0) is 20.9 Å². The molecule has 0 aliphatic carbocycles. The Balaban J connectivity index is 1.80. The van der Waals surface area contributed by atoms with Crippen molar-refractivity contribution >= 4 is 28.6 Å². The largest absolute Gasteiger partial charge is 0.464 e. The molecule has 0 saturated carbocycles. The first-order valence-electron chi connectivity index (χ1n) is 6.59. The van der Waals surface area contributed by atoms with Gasteiger partial charge in [-0.3, -0.25) is 9.63 Å². The smallest absolute Gasteiger partial charge is 0.326 e. The van der Waals surface area contributed by atoms with Crippen LogP contribution < -0.4 is 0 Å². The Hall–Kier alpha value is -0.700. The van der Waals surface area contributed by atoms with Gasteiger partial charge in [0.15, 0.2) is 0 Å². The first kappa shape index (κ1) is 14.2. The number of esters is 1. The van der Waals surface area contributed by atoms with E-state index in [1.807, 2.05) is 18.2 Å². The van der Waals surface area contributed by atoms with E-state index in [4.69, 9.17) is 9.57 Å². The van der Waals surface area contributed by atoms with E-state index in [0.29, 0.717) is 13.2 Å². The third kappa shape index (κ3) is 2.57. The highest BCUT2D eigenvalue weighted by Gasteiger charge is 2.54. The van der Waals surface area contributed by atoms with E-state index in [-0.39, 0.29) is 18.0 Å². The summed E-state index contributed by atoms with van der Waals surface area (Å²) in [6.07, 6.45) is -1.01. The van der Waals surface area contributed by atoms with E-state index in [1.165, 1.54) is 0 Å². The molecule has 2 fully saturated rings. The number of carbonyl (C=O) groups is 1. The van der Waals surface area contributed by atoms with Gasteiger partial charge in [0.2, 0.25) is 0 Å². The molecule has 3 rings (SSSR count). The van der Waals surface area contributed by atoms with Gasteiger partial charge >= 0.3 is 5.97 Å². The number of rotatable bonds is 3. The predicted molar refractivity (Wildman–Crippen MR) is 79.5 cm³/mol. The Kier molecular flexibility index (Phi) is 3.98. The van der Waals surface area contributed by atoms with Gasteiger partial charge in [-0.2, -0.15) is 5.06 Å². The molecule has 5 nitrogen and oxygen atoms in total. The van der Waals surface area contributed by atoms with Crippen molar-refractivity contribution in [2.45, 2.75) is 31.7 Å². The highest BCUT2D eigenvalue weighted by atomic mass is 127. The van der Waals surface area contributed by atoms with Gasteiger partial charge < -0.3 is 9.84 Å². The number of ether oxygens (including phenoxy) is 1. The summed E-state index contributed by atoms with van der Waals surface area (Å²) in [6, 6.07) is 7.63. The molecule has 108 valence electrons. The summed E-state index contributed by atoms with van der Waals surface area (Å²) >= 11 is 2.25. The van der Waals surface area contributed by atoms with Gasteiger partial charge in [0.1, 0.15) is 12.1 Å². The quantitative estimate of drug-likeness (QED) is 0.625. The number of hydrogen-bond acceptors (Lipinski definition) is 5. The van der Waals surface area contributed by atoms with Gasteiger partial charge in [0, 0.05) is 3.57 Å². The fourth-order valence-electron chi connectivity index (χ4n) is 2.83. The summed E-state index contributed by atoms with van der Waals surface area (Å²) < 4.78 is 6.25. The maximum absolute atomic E-state index is 11.9. The molecule has 1 N–H and O–H groups in total. The molecule has 0 spiro atoms. The SMILES string of the molecule is C[C@@H](O)[C@@H]1ON(Cc2cccc(I)c2)[C@H]2C(=O)OC[C@@H]12. The van der Waals surface area contributed by atoms with Crippen molar-refractivity contribution in [3.05, 3.63) is 33.4 Å². The molecule has 2 aliphatic rings. The van der Waals surface area contributed by atoms with E-state index < -0.39 is 12.1 Å². The lowest BCUT2D eigenvalue weighted by atomic mass is 9.95. The molecule has 6 heteroatoms. The molecule has 0 bridgehead atoms. The fraction of sp³-hybridized carbons (Fsp3) is 0.500. The lowest BCUT2D eigenvalue weighted by molar-refractivity contribution is -0.202. The Bertz CT molecular complexity index is 522. The minimum Gasteiger partial charge on any atom is -0.464 e. The molecule has 0 amide bonds. The third-order valence-electron chi connectivity index (χ3n) is 3.76. The number of aliphatic hydroxyl groups excluding tert-OH is 1. The summed E-state index contributed by atoms with van der Waals surface area (Å²) in [4.78, 5) is 17.6. The van der Waals surface area contributed by atoms with Crippen LogP contribution in [-0.4, -0.2) is 41.0 Å². The van der Waals surface area contributed by atoms with Crippen LogP contribution in [0, 0.1) is 9.49 Å². The minimum atomic E-state index is -0.627. The highest BCUT2D eigenvalue weighted by Crippen LogP contribution is 2.36. The van der Waals surface area contributed by atoms with Crippen molar-refractivity contribution < 1.29 is 19.5 Å². The molecular formula is C14H16INO4. The topological polar surface area (TPSA) is 59.0 Å². The number of carbonyl (C=O) groups excluding carboxylic acids is 1. The third-order valence-corrected chi connectivity index (χ3v) is 4.43. The number of hydroxylamine groups is 2. The number of halogens is 1. The van der Waals surface area contributed by atoms with E-state index in [0.717, 1.165) is 9.13 Å². The van der Waals surface area contributed by atoms with Crippen LogP contribution in [0.1, 0.15) is 12.5 Å². The van der Waals surface area contributed by atoms with E-state index in [1.54, 1.807) is 12.0 Å². The van der Waals surface area contributed by atoms with Gasteiger partial charge in [0.05, 0.1) is 25.2 Å². The Morgan fingerprint density at radius 2 is 2.35 bits per heavy atom. The van der Waals surface area contributed by atoms with Crippen LogP contribution in [0.3, 0.4) is 0 Å². The van der Waals surface area contributed by atoms with Crippen LogP contribution in [0.5, 0.6) is 0 Å². The van der Waals surface area contributed by atoms with Crippen molar-refractivity contribution in [1.82, 2.24) is 5.06 Å². The van der Waals surface area contributed by atoms with E-state index in [2.05, 4.69) is 28.7 Å². The van der Waals surface area contributed by atoms with Crippen molar-refractivity contribution in [3.63, 3.8) is 0 Å². The molecule has 4 atom stereocenters. The standard InChI is InChI=1S/C14H16INO4/c1-8(17)13-11-7-19-14(18)12(11)16(20-13)6-9-3-2-4-10(15)5-9/h2-5,8,11-13,17H,6-7H2,1H3/t8-,11-,12-,13+/m1/s1. The summed E-state index contributed by atoms with van der Waals surface area (Å²) in [5.41, 5.74) is 1.07. The maximum atomic E-state index is 11.9. The van der Waals surface area contributed by atoms with Crippen molar-refractivity contribution in [2.75, 3.05) is 6.61 Å². The molecule has 1 aromatic rings. The summed E-state index contributed by atoms with van der Waals surface area (Å²) in [5.74, 6) is -0.353. The maximum Gasteiger partial charge on any atom is 0.326 e. The average Bonchev–Trinajstić information content (AvgIpc) is 2.92. The number of fused-ring (bicyclic) bond motifs is 1. The summed E-state index contributed by atoms with van der Waals surface area (Å²) in [7, 11) is 0. The Morgan fingerprint density at radius 1 is 1.55 bits per heavy atom. The minimum absolute atomic E-state index is 0.0923. The van der Waals surface area contributed by atoms with Crippen LogP contribution in [0.25, 0.3) is 0 Å². The molecule has 0 aromatic heterocycles. The number of hydrogen-bond donors (Lipinski definition) is 1. The normalized spacial score (nSPS) is 31.1. The van der Waals surface area contributed by atoms with Crippen molar-refractivity contribution in [2.24, 2.45) is 5.92 Å². The second-order valence-corrected chi connectivity index (χ2v) is 6.50.